The van der Waals surface area contributed by atoms with E-state index in [0.29, 0.717) is 38.5 Å². The maximum absolute atomic E-state index is 13.8. The number of carbonyl (C=O) groups is 1. The summed E-state index contributed by atoms with van der Waals surface area (Å²) in [6, 6.07) is 9.52. The van der Waals surface area contributed by atoms with Gasteiger partial charge in [-0.15, -0.1) is 0 Å². The summed E-state index contributed by atoms with van der Waals surface area (Å²) in [7, 11) is 0. The van der Waals surface area contributed by atoms with Gasteiger partial charge in [-0.25, -0.2) is 4.39 Å². The lowest BCUT2D eigenvalue weighted by Crippen LogP contribution is -1.85. The van der Waals surface area contributed by atoms with E-state index in [2.05, 4.69) is 4.98 Å². The zero-order chi connectivity index (χ0) is 14.3. The Kier molecular flexibility index (Phi) is 3.24. The zero-order valence-corrected chi connectivity index (χ0v) is 11.6. The summed E-state index contributed by atoms with van der Waals surface area (Å²) in [5.41, 5.74) is 1.76. The summed E-state index contributed by atoms with van der Waals surface area (Å²) in [6.07, 6.45) is 0.693. The van der Waals surface area contributed by atoms with Crippen molar-refractivity contribution in [1.29, 1.82) is 0 Å². The third-order valence-corrected chi connectivity index (χ3v) is 3.69. The number of benzene rings is 2. The largest absolute Gasteiger partial charge is 0.351 e. The highest BCUT2D eigenvalue weighted by molar-refractivity contribution is 6.36. The second-order valence-corrected chi connectivity index (χ2v) is 5.16. The van der Waals surface area contributed by atoms with Crippen molar-refractivity contribution in [3.05, 3.63) is 57.8 Å². The Hall–Kier alpha value is -1.84. The van der Waals surface area contributed by atoms with Crippen LogP contribution in [0.4, 0.5) is 4.39 Å². The van der Waals surface area contributed by atoms with Crippen LogP contribution in [-0.4, -0.2) is 11.3 Å². The Morgan fingerprint density at radius 3 is 2.65 bits per heavy atom. The predicted molar refractivity (Wildman–Crippen MR) is 79.1 cm³/mol. The summed E-state index contributed by atoms with van der Waals surface area (Å²) < 4.78 is 13.8. The van der Waals surface area contributed by atoms with Gasteiger partial charge in [0, 0.05) is 21.5 Å². The molecule has 0 amide bonds. The average Bonchev–Trinajstić information content (AvgIpc) is 2.78. The molecular formula is C15H8Cl2FNO. The van der Waals surface area contributed by atoms with Crippen LogP contribution in [0.3, 0.4) is 0 Å². The van der Waals surface area contributed by atoms with Gasteiger partial charge in [-0.1, -0.05) is 35.3 Å². The van der Waals surface area contributed by atoms with Crippen molar-refractivity contribution in [2.24, 2.45) is 0 Å². The second kappa shape index (κ2) is 4.93. The van der Waals surface area contributed by atoms with Gasteiger partial charge < -0.3 is 4.98 Å². The third kappa shape index (κ3) is 1.99. The van der Waals surface area contributed by atoms with Gasteiger partial charge in [-0.2, -0.15) is 0 Å². The number of carbonyl (C=O) groups excluding carboxylic acids is 1. The fraction of sp³-hybridized carbons (Fsp3) is 0. The summed E-state index contributed by atoms with van der Waals surface area (Å²) in [5.74, 6) is -0.415. The normalized spacial score (nSPS) is 10.9. The first-order valence-corrected chi connectivity index (χ1v) is 6.58. The molecule has 1 heterocycles. The summed E-state index contributed by atoms with van der Waals surface area (Å²) in [6.45, 7) is 0. The topological polar surface area (TPSA) is 32.9 Å². The van der Waals surface area contributed by atoms with Crippen LogP contribution in [0.1, 0.15) is 10.4 Å². The van der Waals surface area contributed by atoms with Crippen molar-refractivity contribution in [2.45, 2.75) is 0 Å². The monoisotopic (exact) mass is 307 g/mol. The molecule has 2 aromatic carbocycles. The van der Waals surface area contributed by atoms with Gasteiger partial charge in [-0.3, -0.25) is 4.79 Å². The average molecular weight is 308 g/mol. The number of para-hydroxylation sites is 1. The Labute approximate surface area is 124 Å². The fourth-order valence-corrected chi connectivity index (χ4v) is 2.73. The van der Waals surface area contributed by atoms with Crippen molar-refractivity contribution in [3.63, 3.8) is 0 Å². The number of halogens is 3. The highest BCUT2D eigenvalue weighted by Gasteiger charge is 2.16. The molecule has 20 heavy (non-hydrogen) atoms. The molecule has 1 N–H and O–H groups in total. The molecule has 2 nitrogen and oxygen atoms in total. The molecule has 0 saturated heterocycles. The van der Waals surface area contributed by atoms with Crippen molar-refractivity contribution in [3.8, 4) is 11.3 Å². The Balaban J connectivity index is 2.36. The number of rotatable bonds is 2. The van der Waals surface area contributed by atoms with Crippen LogP contribution >= 0.6 is 23.2 Å². The smallest absolute Gasteiger partial charge is 0.152 e. The van der Waals surface area contributed by atoms with Gasteiger partial charge in [0.05, 0.1) is 16.2 Å². The minimum atomic E-state index is -0.415. The Morgan fingerprint density at radius 2 is 1.95 bits per heavy atom. The maximum Gasteiger partial charge on any atom is 0.152 e. The van der Waals surface area contributed by atoms with Crippen molar-refractivity contribution >= 4 is 40.4 Å². The lowest BCUT2D eigenvalue weighted by molar-refractivity contribution is 0.112. The summed E-state index contributed by atoms with van der Waals surface area (Å²) in [5, 5.41) is 1.42. The van der Waals surface area contributed by atoms with E-state index in [1.54, 1.807) is 30.3 Å². The molecule has 0 spiro atoms. The first-order chi connectivity index (χ1) is 9.61. The Morgan fingerprint density at radius 1 is 1.15 bits per heavy atom. The highest BCUT2D eigenvalue weighted by Crippen LogP contribution is 2.35. The molecule has 0 unspecified atom stereocenters. The van der Waals surface area contributed by atoms with Gasteiger partial charge in [0.25, 0.3) is 0 Å². The lowest BCUT2D eigenvalue weighted by Gasteiger charge is -2.03. The SMILES string of the molecule is O=Cc1c(-c2ccc(Cl)cc2Cl)[nH]c2c(F)cccc12. The van der Waals surface area contributed by atoms with E-state index in [0.717, 1.165) is 0 Å². The summed E-state index contributed by atoms with van der Waals surface area (Å²) in [4.78, 5) is 14.3. The van der Waals surface area contributed by atoms with Crippen LogP contribution in [0.2, 0.25) is 10.0 Å². The van der Waals surface area contributed by atoms with E-state index in [1.807, 2.05) is 0 Å². The molecule has 0 aliphatic rings. The van der Waals surface area contributed by atoms with Gasteiger partial charge in [0.15, 0.2) is 6.29 Å². The van der Waals surface area contributed by atoms with Crippen molar-refractivity contribution < 1.29 is 9.18 Å². The first-order valence-electron chi connectivity index (χ1n) is 5.82. The van der Waals surface area contributed by atoms with Gasteiger partial charge in [0.1, 0.15) is 5.82 Å². The predicted octanol–water partition coefficient (Wildman–Crippen LogP) is 5.09. The van der Waals surface area contributed by atoms with E-state index in [9.17, 15) is 9.18 Å². The summed E-state index contributed by atoms with van der Waals surface area (Å²) >= 11 is 12.0. The number of hydrogen-bond acceptors (Lipinski definition) is 1. The van der Waals surface area contributed by atoms with Gasteiger partial charge in [-0.05, 0) is 24.3 Å². The molecule has 5 heteroatoms. The number of aldehydes is 1. The Bertz CT molecular complexity index is 826. The molecule has 3 rings (SSSR count). The van der Waals surface area contributed by atoms with Crippen LogP contribution in [-0.2, 0) is 0 Å². The number of hydrogen-bond donors (Lipinski definition) is 1. The molecule has 1 aromatic heterocycles. The first kappa shape index (κ1) is 13.2. The molecule has 0 aliphatic carbocycles. The minimum Gasteiger partial charge on any atom is -0.351 e. The number of aromatic amines is 1. The van der Waals surface area contributed by atoms with E-state index < -0.39 is 5.82 Å². The fourth-order valence-electron chi connectivity index (χ4n) is 2.23. The number of H-pyrrole nitrogens is 1. The standard InChI is InChI=1S/C15H8Cl2FNO/c16-8-4-5-10(12(17)6-8)14-11(7-20)9-2-1-3-13(18)15(9)19-14/h1-7,19H. The molecule has 0 saturated carbocycles. The number of aromatic nitrogens is 1. The van der Waals surface area contributed by atoms with Crippen LogP contribution in [0, 0.1) is 5.82 Å². The van der Waals surface area contributed by atoms with E-state index in [1.165, 1.54) is 6.07 Å². The van der Waals surface area contributed by atoms with E-state index >= 15 is 0 Å². The van der Waals surface area contributed by atoms with Crippen LogP contribution in [0.5, 0.6) is 0 Å². The molecule has 0 aliphatic heterocycles. The van der Waals surface area contributed by atoms with Crippen molar-refractivity contribution in [1.82, 2.24) is 4.98 Å². The molecular weight excluding hydrogens is 300 g/mol. The zero-order valence-electron chi connectivity index (χ0n) is 10.1. The number of fused-ring (bicyclic) bond motifs is 1. The molecule has 0 bridgehead atoms. The minimum absolute atomic E-state index is 0.288. The van der Waals surface area contributed by atoms with Crippen LogP contribution in [0.15, 0.2) is 36.4 Å². The highest BCUT2D eigenvalue weighted by atomic mass is 35.5. The molecule has 3 aromatic rings. The molecule has 0 fully saturated rings. The lowest BCUT2D eigenvalue weighted by atomic mass is 10.1. The van der Waals surface area contributed by atoms with Crippen LogP contribution in [0.25, 0.3) is 22.2 Å². The van der Waals surface area contributed by atoms with E-state index in [4.69, 9.17) is 23.2 Å². The molecule has 0 radical (unpaired) electrons. The molecule has 100 valence electrons. The second-order valence-electron chi connectivity index (χ2n) is 4.32. The third-order valence-electron chi connectivity index (χ3n) is 3.14. The van der Waals surface area contributed by atoms with Gasteiger partial charge >= 0.3 is 0 Å². The van der Waals surface area contributed by atoms with E-state index in [-0.39, 0.29) is 5.52 Å². The molecule has 0 atom stereocenters. The van der Waals surface area contributed by atoms with Gasteiger partial charge in [0.2, 0.25) is 0 Å². The van der Waals surface area contributed by atoms with Crippen molar-refractivity contribution in [2.75, 3.05) is 0 Å². The number of nitrogens with one attached hydrogen (secondary N) is 1. The maximum atomic E-state index is 13.8. The van der Waals surface area contributed by atoms with Crippen LogP contribution < -0.4 is 0 Å². The quantitative estimate of drug-likeness (QED) is 0.657.